The number of ether oxygens (including phenoxy) is 1. The first kappa shape index (κ1) is 23.8. The van der Waals surface area contributed by atoms with Gasteiger partial charge in [0.1, 0.15) is 5.94 Å². The van der Waals surface area contributed by atoms with Gasteiger partial charge in [-0.1, -0.05) is 61.4 Å². The average molecular weight is 377 g/mol. The van der Waals surface area contributed by atoms with Gasteiger partial charge in [0.2, 0.25) is 5.91 Å². The maximum absolute atomic E-state index is 11.6. The van der Waals surface area contributed by atoms with Gasteiger partial charge >= 0.3 is 0 Å². The molecule has 0 fully saturated rings. The number of carbonyl (C=O) groups is 1. The Balaban J connectivity index is 3.51. The van der Waals surface area contributed by atoms with Gasteiger partial charge in [0.25, 0.3) is 0 Å². The van der Waals surface area contributed by atoms with E-state index >= 15 is 0 Å². The summed E-state index contributed by atoms with van der Waals surface area (Å²) in [6.45, 7) is 15.3. The van der Waals surface area contributed by atoms with Crippen LogP contribution in [0.3, 0.4) is 0 Å². The Labute approximate surface area is 156 Å². The molecule has 142 valence electrons. The van der Waals surface area contributed by atoms with Crippen LogP contribution in [0.5, 0.6) is 0 Å². The summed E-state index contributed by atoms with van der Waals surface area (Å²) in [6, 6.07) is 0.512. The highest BCUT2D eigenvalue weighted by atomic mass is 33.1. The van der Waals surface area contributed by atoms with Crippen molar-refractivity contribution in [3.05, 3.63) is 12.2 Å². The Hall–Kier alpha value is -0.170. The highest BCUT2D eigenvalue weighted by molar-refractivity contribution is 8.77. The second-order valence-electron chi connectivity index (χ2n) is 7.10. The molecule has 6 heteroatoms. The fraction of sp³-hybridized carbons (Fsp3) is 0.833. The summed E-state index contributed by atoms with van der Waals surface area (Å²) in [6.07, 6.45) is 5.39. The number of nitrogens with one attached hydrogen (secondary N) is 2. The van der Waals surface area contributed by atoms with Crippen LogP contribution >= 0.6 is 21.6 Å². The molecule has 1 amide bonds. The highest BCUT2D eigenvalue weighted by Crippen LogP contribution is 2.35. The third-order valence-corrected chi connectivity index (χ3v) is 5.95. The van der Waals surface area contributed by atoms with Crippen LogP contribution in [0.2, 0.25) is 0 Å². The fourth-order valence-corrected chi connectivity index (χ4v) is 3.87. The van der Waals surface area contributed by atoms with Crippen LogP contribution in [-0.4, -0.2) is 42.3 Å². The average Bonchev–Trinajstić information content (AvgIpc) is 2.48. The van der Waals surface area contributed by atoms with Gasteiger partial charge < -0.3 is 15.4 Å². The lowest BCUT2D eigenvalue weighted by molar-refractivity contribution is -0.121. The van der Waals surface area contributed by atoms with Crippen LogP contribution in [0.4, 0.5) is 0 Å². The molecular weight excluding hydrogens is 340 g/mol. The number of carbonyl (C=O) groups excluding carboxylic acids is 1. The van der Waals surface area contributed by atoms with Crippen LogP contribution in [0.15, 0.2) is 12.2 Å². The van der Waals surface area contributed by atoms with Crippen molar-refractivity contribution in [2.45, 2.75) is 65.2 Å². The van der Waals surface area contributed by atoms with Crippen molar-refractivity contribution >= 4 is 27.5 Å². The summed E-state index contributed by atoms with van der Waals surface area (Å²) in [5, 5.41) is 6.35. The summed E-state index contributed by atoms with van der Waals surface area (Å²) in [7, 11) is 3.58. The number of hydrogen-bond acceptors (Lipinski definition) is 5. The second-order valence-corrected chi connectivity index (χ2v) is 10.1. The monoisotopic (exact) mass is 376 g/mol. The molecule has 0 bridgehead atoms. The Bertz CT molecular complexity index is 359. The van der Waals surface area contributed by atoms with Crippen LogP contribution in [0.1, 0.15) is 54.4 Å². The maximum Gasteiger partial charge on any atom is 0.220 e. The summed E-state index contributed by atoms with van der Waals surface area (Å²) in [5.41, 5.74) is 0. The summed E-state index contributed by atoms with van der Waals surface area (Å²) >= 11 is 0. The van der Waals surface area contributed by atoms with E-state index in [0.29, 0.717) is 37.5 Å². The molecule has 0 heterocycles. The lowest BCUT2D eigenvalue weighted by atomic mass is 10.2. The molecule has 0 atom stereocenters. The minimum Gasteiger partial charge on any atom is -0.370 e. The smallest absolute Gasteiger partial charge is 0.220 e. The van der Waals surface area contributed by atoms with Gasteiger partial charge in [-0.25, -0.2) is 0 Å². The van der Waals surface area contributed by atoms with Crippen molar-refractivity contribution in [1.82, 2.24) is 10.6 Å². The molecule has 0 spiro atoms. The fourth-order valence-electron chi connectivity index (χ4n) is 1.69. The molecule has 0 aromatic rings. The summed E-state index contributed by atoms with van der Waals surface area (Å²) in [4.78, 5) is 11.6. The van der Waals surface area contributed by atoms with Gasteiger partial charge in [0.15, 0.2) is 0 Å². The molecule has 0 saturated carbocycles. The Kier molecular flexibility index (Phi) is 13.9. The van der Waals surface area contributed by atoms with Crippen molar-refractivity contribution < 1.29 is 9.53 Å². The molecule has 0 unspecified atom stereocenters. The molecule has 0 aromatic carbocycles. The summed E-state index contributed by atoms with van der Waals surface area (Å²) < 4.78 is 5.77. The topological polar surface area (TPSA) is 50.4 Å². The maximum atomic E-state index is 11.6. The van der Waals surface area contributed by atoms with Crippen molar-refractivity contribution in [2.75, 3.05) is 25.6 Å². The van der Waals surface area contributed by atoms with Crippen LogP contribution in [0, 0.1) is 5.92 Å². The molecule has 0 aliphatic heterocycles. The van der Waals surface area contributed by atoms with Crippen LogP contribution < -0.4 is 10.6 Å². The zero-order valence-corrected chi connectivity index (χ0v) is 17.8. The number of amides is 1. The van der Waals surface area contributed by atoms with E-state index in [9.17, 15) is 4.79 Å². The normalized spacial score (nSPS) is 12.5. The predicted octanol–water partition coefficient (Wildman–Crippen LogP) is 4.23. The van der Waals surface area contributed by atoms with Gasteiger partial charge in [-0.2, -0.15) is 0 Å². The molecule has 0 saturated heterocycles. The van der Waals surface area contributed by atoms with Crippen molar-refractivity contribution in [3.63, 3.8) is 0 Å². The molecular formula is C18H36N2O2S2. The van der Waals surface area contributed by atoms with Gasteiger partial charge in [0, 0.05) is 36.9 Å². The van der Waals surface area contributed by atoms with Gasteiger partial charge in [-0.15, -0.1) is 0 Å². The quantitative estimate of drug-likeness (QED) is 0.206. The molecule has 24 heavy (non-hydrogen) atoms. The highest BCUT2D eigenvalue weighted by Gasteiger charge is 2.18. The minimum absolute atomic E-state index is 0.0925. The largest absolute Gasteiger partial charge is 0.370 e. The van der Waals surface area contributed by atoms with E-state index in [0.717, 1.165) is 13.0 Å². The first-order chi connectivity index (χ1) is 11.2. The molecule has 0 aliphatic rings. The van der Waals surface area contributed by atoms with E-state index in [1.165, 1.54) is 0 Å². The summed E-state index contributed by atoms with van der Waals surface area (Å²) in [5.74, 6) is 1.28. The van der Waals surface area contributed by atoms with Crippen molar-refractivity contribution in [1.29, 1.82) is 0 Å². The Morgan fingerprint density at radius 2 is 1.96 bits per heavy atom. The molecule has 2 N–H and O–H groups in total. The van der Waals surface area contributed by atoms with Crippen LogP contribution in [-0.2, 0) is 9.53 Å². The lowest BCUT2D eigenvalue weighted by Gasteiger charge is -2.24. The molecule has 0 radical (unpaired) electrons. The molecule has 4 nitrogen and oxygen atoms in total. The van der Waals surface area contributed by atoms with Crippen molar-refractivity contribution in [2.24, 2.45) is 5.92 Å². The van der Waals surface area contributed by atoms with E-state index in [2.05, 4.69) is 58.3 Å². The molecule has 0 rings (SSSR count). The number of hydrogen-bond donors (Lipinski definition) is 2. The van der Waals surface area contributed by atoms with Crippen molar-refractivity contribution in [3.8, 4) is 0 Å². The van der Waals surface area contributed by atoms with Gasteiger partial charge in [0.05, 0.1) is 0 Å². The van der Waals surface area contributed by atoms with E-state index < -0.39 is 0 Å². The first-order valence-corrected chi connectivity index (χ1v) is 11.1. The first-order valence-electron chi connectivity index (χ1n) is 8.78. The van der Waals surface area contributed by atoms with E-state index in [-0.39, 0.29) is 10.7 Å². The van der Waals surface area contributed by atoms with Gasteiger partial charge in [-0.05, 0) is 26.2 Å². The van der Waals surface area contributed by atoms with E-state index in [4.69, 9.17) is 4.74 Å². The van der Waals surface area contributed by atoms with Gasteiger partial charge in [-0.3, -0.25) is 4.79 Å². The molecule has 0 aromatic heterocycles. The lowest BCUT2D eigenvalue weighted by Crippen LogP contribution is -2.35. The minimum atomic E-state index is 0.0925. The van der Waals surface area contributed by atoms with E-state index in [1.54, 1.807) is 10.8 Å². The second kappa shape index (κ2) is 14.0. The Morgan fingerprint density at radius 3 is 2.58 bits per heavy atom. The number of allylic oxidation sites excluding steroid dienone is 1. The third-order valence-electron chi connectivity index (χ3n) is 2.98. The van der Waals surface area contributed by atoms with E-state index in [1.807, 2.05) is 16.9 Å². The zero-order valence-electron chi connectivity index (χ0n) is 16.2. The number of rotatable bonds is 14. The third kappa shape index (κ3) is 16.7. The predicted molar refractivity (Wildman–Crippen MR) is 109 cm³/mol. The Morgan fingerprint density at radius 1 is 1.25 bits per heavy atom. The molecule has 0 aliphatic carbocycles. The standard InChI is InChI=1S/C18H36N2O2S2/c1-15(2)9-7-11-19-17(21)10-8-12-22-14-23-24-18(5,6)13-20-16(3)4/h7,9,15-16,20H,8,10-14H2,1-6H3,(H,19,21)/b9-7+. The zero-order chi connectivity index (χ0) is 18.4. The SMILES string of the molecule is CC(C)/C=C/CNC(=O)CCCOCSSC(C)(C)CNC(C)C. The van der Waals surface area contributed by atoms with Crippen LogP contribution in [0.25, 0.3) is 0 Å².